The number of nitrogens with zero attached hydrogens (tertiary/aromatic N) is 2. The van der Waals surface area contributed by atoms with Crippen molar-refractivity contribution < 1.29 is 13.9 Å². The molecule has 1 aromatic heterocycles. The quantitative estimate of drug-likeness (QED) is 0.664. The van der Waals surface area contributed by atoms with Crippen molar-refractivity contribution in [2.24, 2.45) is 0 Å². The number of nitrogens with one attached hydrogen (secondary N) is 2. The van der Waals surface area contributed by atoms with Crippen molar-refractivity contribution in [2.45, 2.75) is 6.42 Å². The number of hydrogen-bond donors (Lipinski definition) is 2. The molecule has 0 fully saturated rings. The normalized spacial score (nSPS) is 10.3. The molecule has 0 aliphatic carbocycles. The number of methoxy groups -OCH3 is 1. The minimum Gasteiger partial charge on any atom is -0.497 e. The predicted octanol–water partition coefficient (Wildman–Crippen LogP) is 4.20. The third kappa shape index (κ3) is 5.15. The smallest absolute Gasteiger partial charge is 0.229 e. The molecule has 27 heavy (non-hydrogen) atoms. The van der Waals surface area contributed by atoms with E-state index in [1.807, 2.05) is 12.1 Å². The Labute approximate surface area is 160 Å². The Kier molecular flexibility index (Phi) is 5.83. The highest BCUT2D eigenvalue weighted by Gasteiger charge is 2.07. The molecule has 6 nitrogen and oxygen atoms in total. The van der Waals surface area contributed by atoms with Gasteiger partial charge in [-0.3, -0.25) is 4.79 Å². The molecule has 1 amide bonds. The van der Waals surface area contributed by atoms with E-state index in [4.69, 9.17) is 16.3 Å². The number of hydrogen-bond acceptors (Lipinski definition) is 5. The summed E-state index contributed by atoms with van der Waals surface area (Å²) in [6, 6.07) is 14.7. The van der Waals surface area contributed by atoms with Gasteiger partial charge < -0.3 is 15.4 Å². The van der Waals surface area contributed by atoms with Crippen molar-refractivity contribution in [2.75, 3.05) is 17.7 Å². The van der Waals surface area contributed by atoms with E-state index in [2.05, 4.69) is 20.8 Å². The van der Waals surface area contributed by atoms with Crippen LogP contribution in [0.5, 0.6) is 5.75 Å². The molecule has 0 aliphatic rings. The van der Waals surface area contributed by atoms with Gasteiger partial charge in [-0.15, -0.1) is 10.2 Å². The molecule has 2 aromatic carbocycles. The van der Waals surface area contributed by atoms with Crippen LogP contribution in [0.25, 0.3) is 0 Å². The molecule has 138 valence electrons. The predicted molar refractivity (Wildman–Crippen MR) is 102 cm³/mol. The summed E-state index contributed by atoms with van der Waals surface area (Å²) < 4.78 is 18.3. The minimum absolute atomic E-state index is 0.00961. The number of carbonyl (C=O) groups excluding carboxylic acids is 1. The summed E-state index contributed by atoms with van der Waals surface area (Å²) in [5.74, 6) is 0.793. The number of aromatic nitrogens is 2. The first-order valence-corrected chi connectivity index (χ1v) is 8.40. The molecule has 0 saturated carbocycles. The van der Waals surface area contributed by atoms with Crippen molar-refractivity contribution in [3.05, 3.63) is 71.0 Å². The Morgan fingerprint density at radius 2 is 1.78 bits per heavy atom. The lowest BCUT2D eigenvalue weighted by Crippen LogP contribution is -2.15. The van der Waals surface area contributed by atoms with Gasteiger partial charge in [0.25, 0.3) is 0 Å². The standard InChI is InChI=1S/C19H16ClFN4O2/c1-27-14-5-2-12(3-6-14)10-19(26)23-18-9-8-17(24-25-18)22-13-4-7-16(21)15(20)11-13/h2-9,11H,10H2,1H3,(H,22,24)(H,23,25,26). The molecule has 3 rings (SSSR count). The first-order chi connectivity index (χ1) is 13.0. The summed E-state index contributed by atoms with van der Waals surface area (Å²) in [6.07, 6.45) is 0.208. The van der Waals surface area contributed by atoms with Gasteiger partial charge in [-0.2, -0.15) is 0 Å². The molecule has 0 unspecified atom stereocenters. The van der Waals surface area contributed by atoms with Gasteiger partial charge in [-0.25, -0.2) is 4.39 Å². The third-order valence-electron chi connectivity index (χ3n) is 3.65. The molecule has 0 bridgehead atoms. The van der Waals surface area contributed by atoms with Crippen LogP contribution in [-0.2, 0) is 11.2 Å². The highest BCUT2D eigenvalue weighted by molar-refractivity contribution is 6.31. The van der Waals surface area contributed by atoms with Gasteiger partial charge in [0.2, 0.25) is 5.91 Å². The van der Waals surface area contributed by atoms with E-state index in [1.54, 1.807) is 31.4 Å². The summed E-state index contributed by atoms with van der Waals surface area (Å²) in [4.78, 5) is 12.1. The number of halogens is 2. The molecular weight excluding hydrogens is 371 g/mol. The van der Waals surface area contributed by atoms with Crippen LogP contribution in [0.2, 0.25) is 5.02 Å². The summed E-state index contributed by atoms with van der Waals surface area (Å²) in [5, 5.41) is 13.6. The van der Waals surface area contributed by atoms with Gasteiger partial charge in [0.15, 0.2) is 11.6 Å². The fraction of sp³-hybridized carbons (Fsp3) is 0.105. The first-order valence-electron chi connectivity index (χ1n) is 8.02. The van der Waals surface area contributed by atoms with Crippen LogP contribution in [0.1, 0.15) is 5.56 Å². The van der Waals surface area contributed by atoms with Gasteiger partial charge in [0, 0.05) is 5.69 Å². The molecule has 0 spiro atoms. The Hall–Kier alpha value is -3.19. The van der Waals surface area contributed by atoms with Gasteiger partial charge in [-0.1, -0.05) is 23.7 Å². The molecule has 8 heteroatoms. The Balaban J connectivity index is 1.57. The number of rotatable bonds is 6. The second-order valence-electron chi connectivity index (χ2n) is 5.63. The van der Waals surface area contributed by atoms with Crippen LogP contribution < -0.4 is 15.4 Å². The molecule has 0 atom stereocenters. The fourth-order valence-electron chi connectivity index (χ4n) is 2.30. The zero-order chi connectivity index (χ0) is 19.2. The van der Waals surface area contributed by atoms with Gasteiger partial charge in [0.05, 0.1) is 18.6 Å². The lowest BCUT2D eigenvalue weighted by atomic mass is 10.1. The molecule has 2 N–H and O–H groups in total. The maximum atomic E-state index is 13.2. The summed E-state index contributed by atoms with van der Waals surface area (Å²) >= 11 is 5.74. The van der Waals surface area contributed by atoms with E-state index in [0.717, 1.165) is 11.3 Å². The highest BCUT2D eigenvalue weighted by Crippen LogP contribution is 2.22. The van der Waals surface area contributed by atoms with Crippen LogP contribution in [0.15, 0.2) is 54.6 Å². The number of benzene rings is 2. The summed E-state index contributed by atoms with van der Waals surface area (Å²) in [6.45, 7) is 0. The van der Waals surface area contributed by atoms with Gasteiger partial charge >= 0.3 is 0 Å². The second-order valence-corrected chi connectivity index (χ2v) is 6.04. The number of amides is 1. The lowest BCUT2D eigenvalue weighted by molar-refractivity contribution is -0.115. The summed E-state index contributed by atoms with van der Waals surface area (Å²) in [5.41, 5.74) is 1.43. The van der Waals surface area contributed by atoms with Crippen LogP contribution in [0, 0.1) is 5.82 Å². The maximum absolute atomic E-state index is 13.2. The van der Waals surface area contributed by atoms with Crippen molar-refractivity contribution in [3.63, 3.8) is 0 Å². The fourth-order valence-corrected chi connectivity index (χ4v) is 2.48. The first kappa shape index (κ1) is 18.6. The molecular formula is C19H16ClFN4O2. The van der Waals surface area contributed by atoms with Crippen LogP contribution in [0.3, 0.4) is 0 Å². The van der Waals surface area contributed by atoms with Crippen LogP contribution >= 0.6 is 11.6 Å². The molecule has 0 saturated heterocycles. The Morgan fingerprint density at radius 1 is 1.07 bits per heavy atom. The van der Waals surface area contributed by atoms with E-state index in [-0.39, 0.29) is 17.4 Å². The average molecular weight is 387 g/mol. The Morgan fingerprint density at radius 3 is 2.41 bits per heavy atom. The monoisotopic (exact) mass is 386 g/mol. The largest absolute Gasteiger partial charge is 0.497 e. The van der Waals surface area contributed by atoms with Gasteiger partial charge in [-0.05, 0) is 48.0 Å². The van der Waals surface area contributed by atoms with Crippen LogP contribution in [-0.4, -0.2) is 23.2 Å². The molecule has 3 aromatic rings. The third-order valence-corrected chi connectivity index (χ3v) is 3.94. The van der Waals surface area contributed by atoms with Crippen molar-refractivity contribution in [3.8, 4) is 5.75 Å². The number of carbonyl (C=O) groups is 1. The maximum Gasteiger partial charge on any atom is 0.229 e. The molecule has 0 radical (unpaired) electrons. The minimum atomic E-state index is -0.497. The second kappa shape index (κ2) is 8.46. The van der Waals surface area contributed by atoms with Crippen molar-refractivity contribution in [1.82, 2.24) is 10.2 Å². The van der Waals surface area contributed by atoms with Gasteiger partial charge in [0.1, 0.15) is 11.6 Å². The number of ether oxygens (including phenoxy) is 1. The summed E-state index contributed by atoms with van der Waals surface area (Å²) in [7, 11) is 1.59. The zero-order valence-corrected chi connectivity index (χ0v) is 15.1. The van der Waals surface area contributed by atoms with Crippen molar-refractivity contribution in [1.29, 1.82) is 0 Å². The van der Waals surface area contributed by atoms with E-state index >= 15 is 0 Å². The lowest BCUT2D eigenvalue weighted by Gasteiger charge is -2.08. The van der Waals surface area contributed by atoms with Crippen molar-refractivity contribution >= 4 is 34.8 Å². The molecule has 1 heterocycles. The number of anilines is 3. The zero-order valence-electron chi connectivity index (χ0n) is 14.4. The molecule has 0 aliphatic heterocycles. The average Bonchev–Trinajstić information content (AvgIpc) is 2.67. The van der Waals surface area contributed by atoms with E-state index < -0.39 is 5.82 Å². The van der Waals surface area contributed by atoms with E-state index in [1.165, 1.54) is 18.2 Å². The van der Waals surface area contributed by atoms with Crippen LogP contribution in [0.4, 0.5) is 21.7 Å². The Bertz CT molecular complexity index is 933. The highest BCUT2D eigenvalue weighted by atomic mass is 35.5. The van der Waals surface area contributed by atoms with E-state index in [0.29, 0.717) is 17.3 Å². The van der Waals surface area contributed by atoms with E-state index in [9.17, 15) is 9.18 Å². The topological polar surface area (TPSA) is 76.1 Å². The SMILES string of the molecule is COc1ccc(CC(=O)Nc2ccc(Nc3ccc(F)c(Cl)c3)nn2)cc1.